The van der Waals surface area contributed by atoms with Crippen LogP contribution in [0.2, 0.25) is 5.28 Å². The van der Waals surface area contributed by atoms with E-state index in [0.717, 1.165) is 25.9 Å². The van der Waals surface area contributed by atoms with E-state index in [1.165, 1.54) is 25.7 Å². The molecule has 1 saturated heterocycles. The molecule has 0 aromatic carbocycles. The lowest BCUT2D eigenvalue weighted by atomic mass is 9.85. The van der Waals surface area contributed by atoms with E-state index in [0.29, 0.717) is 11.9 Å². The predicted octanol–water partition coefficient (Wildman–Crippen LogP) is 2.09. The van der Waals surface area contributed by atoms with Crippen LogP contribution in [-0.4, -0.2) is 45.8 Å². The second-order valence-corrected chi connectivity index (χ2v) is 6.24. The molecule has 6 nitrogen and oxygen atoms in total. The molecule has 0 radical (unpaired) electrons. The number of anilines is 2. The zero-order valence-corrected chi connectivity index (χ0v) is 12.9. The molecule has 2 heterocycles. The van der Waals surface area contributed by atoms with Crippen LogP contribution in [0.15, 0.2) is 0 Å². The Kier molecular flexibility index (Phi) is 4.75. The number of hydrogen-bond acceptors (Lipinski definition) is 6. The average molecular weight is 312 g/mol. The van der Waals surface area contributed by atoms with Crippen molar-refractivity contribution in [2.24, 2.45) is 5.92 Å². The quantitative estimate of drug-likeness (QED) is 0.887. The number of aromatic nitrogens is 3. The van der Waals surface area contributed by atoms with E-state index in [2.05, 4.69) is 25.2 Å². The highest BCUT2D eigenvalue weighted by Gasteiger charge is 2.26. The maximum Gasteiger partial charge on any atom is 0.231 e. The summed E-state index contributed by atoms with van der Waals surface area (Å²) in [5, 5.41) is 13.1. The van der Waals surface area contributed by atoms with E-state index in [1.54, 1.807) is 0 Å². The van der Waals surface area contributed by atoms with Crippen LogP contribution in [0.4, 0.5) is 11.9 Å². The van der Waals surface area contributed by atoms with Gasteiger partial charge in [-0.3, -0.25) is 0 Å². The number of nitrogens with zero attached hydrogens (tertiary/aromatic N) is 4. The molecule has 0 spiro atoms. The summed E-state index contributed by atoms with van der Waals surface area (Å²) in [6.07, 6.45) is 6.77. The molecule has 2 aliphatic rings. The van der Waals surface area contributed by atoms with Gasteiger partial charge >= 0.3 is 0 Å². The largest absolute Gasteiger partial charge is 0.396 e. The van der Waals surface area contributed by atoms with Crippen LogP contribution in [0.3, 0.4) is 0 Å². The minimum atomic E-state index is 0.204. The van der Waals surface area contributed by atoms with Gasteiger partial charge in [-0.2, -0.15) is 15.0 Å². The number of rotatable bonds is 4. The van der Waals surface area contributed by atoms with E-state index in [1.807, 2.05) is 0 Å². The molecule has 1 aromatic heterocycles. The van der Waals surface area contributed by atoms with Crippen molar-refractivity contribution in [3.63, 3.8) is 0 Å². The van der Waals surface area contributed by atoms with Gasteiger partial charge in [-0.05, 0) is 37.3 Å². The minimum absolute atomic E-state index is 0.204. The molecule has 1 aliphatic heterocycles. The summed E-state index contributed by atoms with van der Waals surface area (Å²) in [7, 11) is 0. The second-order valence-electron chi connectivity index (χ2n) is 5.90. The van der Waals surface area contributed by atoms with Gasteiger partial charge in [0.2, 0.25) is 17.2 Å². The molecule has 3 rings (SSSR count). The molecule has 0 bridgehead atoms. The third kappa shape index (κ3) is 3.55. The Morgan fingerprint density at radius 2 is 1.86 bits per heavy atom. The lowest BCUT2D eigenvalue weighted by molar-refractivity contribution is 0.178. The molecule has 2 N–H and O–H groups in total. The molecule has 2 unspecified atom stereocenters. The summed E-state index contributed by atoms with van der Waals surface area (Å²) >= 11 is 6.04. The zero-order valence-electron chi connectivity index (χ0n) is 12.1. The maximum absolute atomic E-state index is 9.49. The second kappa shape index (κ2) is 6.75. The van der Waals surface area contributed by atoms with Gasteiger partial charge in [0, 0.05) is 31.7 Å². The van der Waals surface area contributed by atoms with E-state index < -0.39 is 0 Å². The first-order valence-electron chi connectivity index (χ1n) is 7.80. The molecular weight excluding hydrogens is 290 g/mol. The molecule has 0 amide bonds. The van der Waals surface area contributed by atoms with E-state index in [-0.39, 0.29) is 23.9 Å². The molecule has 1 saturated carbocycles. The van der Waals surface area contributed by atoms with E-state index in [9.17, 15) is 5.11 Å². The van der Waals surface area contributed by atoms with Crippen molar-refractivity contribution in [3.8, 4) is 0 Å². The Bertz CT molecular complexity index is 480. The summed E-state index contributed by atoms with van der Waals surface area (Å²) in [4.78, 5) is 15.1. The zero-order chi connectivity index (χ0) is 14.7. The highest BCUT2D eigenvalue weighted by molar-refractivity contribution is 6.28. The van der Waals surface area contributed by atoms with E-state index in [4.69, 9.17) is 11.6 Å². The Morgan fingerprint density at radius 1 is 1.10 bits per heavy atom. The molecule has 2 fully saturated rings. The number of hydrogen-bond donors (Lipinski definition) is 2. The van der Waals surface area contributed by atoms with Gasteiger partial charge in [0.1, 0.15) is 0 Å². The first-order chi connectivity index (χ1) is 10.3. The fourth-order valence-corrected chi connectivity index (χ4v) is 3.40. The highest BCUT2D eigenvalue weighted by atomic mass is 35.5. The third-order valence-corrected chi connectivity index (χ3v) is 4.61. The van der Waals surface area contributed by atoms with Crippen LogP contribution in [0.5, 0.6) is 0 Å². The summed E-state index contributed by atoms with van der Waals surface area (Å²) in [6, 6.07) is 0.216. The number of aliphatic hydroxyl groups is 1. The fraction of sp³-hybridized carbons (Fsp3) is 0.786. The number of nitrogens with one attached hydrogen (secondary N) is 1. The van der Waals surface area contributed by atoms with Crippen LogP contribution in [-0.2, 0) is 0 Å². The van der Waals surface area contributed by atoms with Crippen LogP contribution in [0.1, 0.15) is 38.5 Å². The van der Waals surface area contributed by atoms with Gasteiger partial charge in [-0.1, -0.05) is 12.8 Å². The van der Waals surface area contributed by atoms with Gasteiger partial charge < -0.3 is 15.3 Å². The SMILES string of the molecule is OCC1CCCCC1Nc1nc(Cl)nc(N2CCCC2)n1. The normalized spacial score (nSPS) is 26.1. The summed E-state index contributed by atoms with van der Waals surface area (Å²) in [5.41, 5.74) is 0. The number of halogens is 1. The molecule has 21 heavy (non-hydrogen) atoms. The van der Waals surface area contributed by atoms with Crippen molar-refractivity contribution in [2.45, 2.75) is 44.6 Å². The monoisotopic (exact) mass is 311 g/mol. The summed E-state index contributed by atoms with van der Waals surface area (Å²) < 4.78 is 0. The molecule has 116 valence electrons. The van der Waals surface area contributed by atoms with Crippen molar-refractivity contribution < 1.29 is 5.11 Å². The third-order valence-electron chi connectivity index (χ3n) is 4.44. The lowest BCUT2D eigenvalue weighted by Gasteiger charge is -2.31. The summed E-state index contributed by atoms with van der Waals surface area (Å²) in [5.74, 6) is 1.46. The van der Waals surface area contributed by atoms with Gasteiger partial charge in [-0.25, -0.2) is 0 Å². The van der Waals surface area contributed by atoms with Gasteiger partial charge in [0.05, 0.1) is 0 Å². The maximum atomic E-state index is 9.49. The smallest absolute Gasteiger partial charge is 0.231 e. The molecular formula is C14H22ClN5O. The van der Waals surface area contributed by atoms with Crippen molar-refractivity contribution in [1.82, 2.24) is 15.0 Å². The average Bonchev–Trinajstić information content (AvgIpc) is 3.01. The minimum Gasteiger partial charge on any atom is -0.396 e. The Balaban J connectivity index is 1.74. The van der Waals surface area contributed by atoms with Gasteiger partial charge in [0.25, 0.3) is 0 Å². The van der Waals surface area contributed by atoms with Crippen molar-refractivity contribution >= 4 is 23.5 Å². The van der Waals surface area contributed by atoms with Crippen LogP contribution < -0.4 is 10.2 Å². The Morgan fingerprint density at radius 3 is 2.62 bits per heavy atom. The van der Waals surface area contributed by atoms with Crippen molar-refractivity contribution in [2.75, 3.05) is 29.9 Å². The fourth-order valence-electron chi connectivity index (χ4n) is 3.24. The first kappa shape index (κ1) is 14.8. The standard InChI is InChI=1S/C14H22ClN5O/c15-12-17-13(16-11-6-2-1-5-10(11)9-21)19-14(18-12)20-7-3-4-8-20/h10-11,21H,1-9H2,(H,16,17,18,19). The predicted molar refractivity (Wildman–Crippen MR) is 82.7 cm³/mol. The summed E-state index contributed by atoms with van der Waals surface area (Å²) in [6.45, 7) is 2.15. The molecule has 2 atom stereocenters. The van der Waals surface area contributed by atoms with Crippen LogP contribution in [0.25, 0.3) is 0 Å². The highest BCUT2D eigenvalue weighted by Crippen LogP contribution is 2.27. The Hall–Kier alpha value is -1.14. The topological polar surface area (TPSA) is 74.2 Å². The first-order valence-corrected chi connectivity index (χ1v) is 8.18. The Labute approximate surface area is 130 Å². The molecule has 7 heteroatoms. The van der Waals surface area contributed by atoms with Crippen molar-refractivity contribution in [3.05, 3.63) is 5.28 Å². The lowest BCUT2D eigenvalue weighted by Crippen LogP contribution is -2.35. The number of aliphatic hydroxyl groups excluding tert-OH is 1. The molecule has 1 aliphatic carbocycles. The van der Waals surface area contributed by atoms with Gasteiger partial charge in [-0.15, -0.1) is 0 Å². The van der Waals surface area contributed by atoms with E-state index >= 15 is 0 Å². The molecule has 1 aromatic rings. The van der Waals surface area contributed by atoms with Crippen LogP contribution >= 0.6 is 11.6 Å². The van der Waals surface area contributed by atoms with Crippen molar-refractivity contribution in [1.29, 1.82) is 0 Å². The van der Waals surface area contributed by atoms with Gasteiger partial charge in [0.15, 0.2) is 0 Å². The van der Waals surface area contributed by atoms with Crippen LogP contribution in [0, 0.1) is 5.92 Å².